The highest BCUT2D eigenvalue weighted by Crippen LogP contribution is 2.27. The molecule has 0 spiro atoms. The van der Waals surface area contributed by atoms with Crippen LogP contribution in [0.4, 0.5) is 0 Å². The number of piperazine rings is 1. The molecule has 0 unspecified atom stereocenters. The lowest BCUT2D eigenvalue weighted by molar-refractivity contribution is -0.144. The number of sulfonamides is 1. The van der Waals surface area contributed by atoms with Crippen molar-refractivity contribution in [3.63, 3.8) is 0 Å². The summed E-state index contributed by atoms with van der Waals surface area (Å²) in [6.07, 6.45) is 5.12. The van der Waals surface area contributed by atoms with E-state index in [1.54, 1.807) is 17.3 Å². The van der Waals surface area contributed by atoms with E-state index in [0.29, 0.717) is 26.1 Å². The normalized spacial score (nSPS) is 26.1. The van der Waals surface area contributed by atoms with Crippen molar-refractivity contribution in [2.75, 3.05) is 25.9 Å². The largest absolute Gasteiger partial charge is 0.354 e. The lowest BCUT2D eigenvalue weighted by Gasteiger charge is -2.42. The molecular weight excluding hydrogens is 370 g/mol. The van der Waals surface area contributed by atoms with Gasteiger partial charge in [0.2, 0.25) is 21.8 Å². The summed E-state index contributed by atoms with van der Waals surface area (Å²) in [7, 11) is -3.33. The van der Waals surface area contributed by atoms with Crippen LogP contribution >= 0.6 is 0 Å². The van der Waals surface area contributed by atoms with Crippen LogP contribution in [0.5, 0.6) is 0 Å². The van der Waals surface area contributed by atoms with Crippen molar-refractivity contribution in [1.82, 2.24) is 24.8 Å². The fourth-order valence-corrected chi connectivity index (χ4v) is 4.62. The van der Waals surface area contributed by atoms with Crippen molar-refractivity contribution in [1.29, 1.82) is 0 Å². The van der Waals surface area contributed by atoms with Crippen molar-refractivity contribution >= 4 is 21.8 Å². The number of nitrogens with zero attached hydrogens (tertiary/aromatic N) is 3. The maximum Gasteiger partial charge on any atom is 0.242 e. The zero-order valence-electron chi connectivity index (χ0n) is 15.5. The molecule has 2 fully saturated rings. The Hall–Kier alpha value is -2.04. The summed E-state index contributed by atoms with van der Waals surface area (Å²) in [4.78, 5) is 32.2. The second-order valence-electron chi connectivity index (χ2n) is 7.20. The summed E-state index contributed by atoms with van der Waals surface area (Å²) in [5.74, 6) is -0.265. The Morgan fingerprint density at radius 1 is 1.30 bits per heavy atom. The highest BCUT2D eigenvalue weighted by Gasteiger charge is 2.45. The van der Waals surface area contributed by atoms with Gasteiger partial charge in [-0.2, -0.15) is 0 Å². The molecule has 0 radical (unpaired) electrons. The monoisotopic (exact) mass is 395 g/mol. The molecule has 0 aliphatic carbocycles. The van der Waals surface area contributed by atoms with Gasteiger partial charge in [0.25, 0.3) is 0 Å². The smallest absolute Gasteiger partial charge is 0.242 e. The Kier molecular flexibility index (Phi) is 5.78. The molecule has 1 aromatic rings. The maximum atomic E-state index is 13.1. The fraction of sp³-hybridized carbons (Fsp3) is 0.588. The van der Waals surface area contributed by atoms with Crippen LogP contribution in [0.2, 0.25) is 0 Å². The van der Waals surface area contributed by atoms with E-state index in [1.165, 1.54) is 6.92 Å². The molecule has 9 nitrogen and oxygen atoms in total. The van der Waals surface area contributed by atoms with E-state index < -0.39 is 16.1 Å². The molecule has 148 valence electrons. The van der Waals surface area contributed by atoms with E-state index in [-0.39, 0.29) is 30.4 Å². The average molecular weight is 395 g/mol. The first kappa shape index (κ1) is 19.7. The molecule has 3 atom stereocenters. The lowest BCUT2D eigenvalue weighted by atomic mass is 10.0. The second kappa shape index (κ2) is 7.91. The third-order valence-corrected chi connectivity index (χ3v) is 5.69. The number of amides is 2. The molecule has 2 N–H and O–H groups in total. The number of carbonyl (C=O) groups excluding carboxylic acids is 2. The fourth-order valence-electron chi connectivity index (χ4n) is 3.85. The van der Waals surface area contributed by atoms with Gasteiger partial charge in [-0.25, -0.2) is 13.1 Å². The van der Waals surface area contributed by atoms with Crippen LogP contribution in [0.15, 0.2) is 24.5 Å². The minimum atomic E-state index is -3.33. The zero-order chi connectivity index (χ0) is 19.6. The van der Waals surface area contributed by atoms with Gasteiger partial charge in [-0.1, -0.05) is 0 Å². The summed E-state index contributed by atoms with van der Waals surface area (Å²) in [6, 6.07) is 2.99. The van der Waals surface area contributed by atoms with Crippen molar-refractivity contribution < 1.29 is 18.0 Å². The topological polar surface area (TPSA) is 112 Å². The van der Waals surface area contributed by atoms with Crippen LogP contribution < -0.4 is 10.0 Å². The Morgan fingerprint density at radius 2 is 2.00 bits per heavy atom. The number of hydrogen-bond acceptors (Lipinski definition) is 6. The van der Waals surface area contributed by atoms with Crippen molar-refractivity contribution in [3.8, 4) is 0 Å². The molecule has 3 rings (SSSR count). The molecule has 0 saturated carbocycles. The molecule has 27 heavy (non-hydrogen) atoms. The molecule has 0 bridgehead atoms. The van der Waals surface area contributed by atoms with Crippen LogP contribution in [-0.4, -0.2) is 79.0 Å². The number of rotatable bonds is 6. The molecule has 1 aromatic heterocycles. The number of hydrogen-bond donors (Lipinski definition) is 2. The van der Waals surface area contributed by atoms with E-state index in [1.807, 2.05) is 12.1 Å². The van der Waals surface area contributed by atoms with Crippen LogP contribution in [0.25, 0.3) is 0 Å². The molecule has 2 amide bonds. The Morgan fingerprint density at radius 3 is 2.63 bits per heavy atom. The molecule has 2 aliphatic rings. The summed E-state index contributed by atoms with van der Waals surface area (Å²) >= 11 is 0. The van der Waals surface area contributed by atoms with Crippen molar-refractivity contribution in [2.24, 2.45) is 0 Å². The predicted molar refractivity (Wildman–Crippen MR) is 99.0 cm³/mol. The minimum absolute atomic E-state index is 0.0489. The second-order valence-corrected chi connectivity index (χ2v) is 8.98. The van der Waals surface area contributed by atoms with Gasteiger partial charge in [0.15, 0.2) is 0 Å². The molecule has 0 aromatic carbocycles. The van der Waals surface area contributed by atoms with Gasteiger partial charge in [-0.3, -0.25) is 19.5 Å². The van der Waals surface area contributed by atoms with Crippen LogP contribution in [-0.2, 0) is 26.2 Å². The van der Waals surface area contributed by atoms with Gasteiger partial charge in [0.1, 0.15) is 6.04 Å². The number of aromatic nitrogens is 1. The predicted octanol–water partition coefficient (Wildman–Crippen LogP) is -1.08. The van der Waals surface area contributed by atoms with Gasteiger partial charge in [0, 0.05) is 57.6 Å². The maximum absolute atomic E-state index is 13.1. The lowest BCUT2D eigenvalue weighted by Crippen LogP contribution is -2.62. The Bertz CT molecular complexity index is 801. The minimum Gasteiger partial charge on any atom is -0.354 e. The number of fused-ring (bicyclic) bond motifs is 1. The number of carbonyl (C=O) groups is 2. The number of nitrogens with one attached hydrogen (secondary N) is 2. The summed E-state index contributed by atoms with van der Waals surface area (Å²) in [5.41, 5.74) is 1.03. The van der Waals surface area contributed by atoms with Crippen LogP contribution in [0, 0.1) is 0 Å². The van der Waals surface area contributed by atoms with Gasteiger partial charge < -0.3 is 10.2 Å². The Balaban J connectivity index is 1.77. The third kappa shape index (κ3) is 5.02. The first-order valence-electron chi connectivity index (χ1n) is 8.88. The quantitative estimate of drug-likeness (QED) is 0.634. The highest BCUT2D eigenvalue weighted by atomic mass is 32.2. The van der Waals surface area contributed by atoms with E-state index in [4.69, 9.17) is 0 Å². The standard InChI is InChI=1S/C17H25N5O4S/c1-12(23)19-8-16-17(24)22-10-14(20-27(2,25)26)7-15(22)11-21(16)9-13-3-5-18-6-4-13/h3-6,14-16,20H,7-11H2,1-2H3,(H,19,23)/t14-,15-,16-/m0/s1. The van der Waals surface area contributed by atoms with Crippen molar-refractivity contribution in [2.45, 2.75) is 38.0 Å². The molecule has 2 saturated heterocycles. The van der Waals surface area contributed by atoms with Gasteiger partial charge in [-0.15, -0.1) is 0 Å². The van der Waals surface area contributed by atoms with Crippen LogP contribution in [0.1, 0.15) is 18.9 Å². The number of pyridine rings is 1. The summed E-state index contributed by atoms with van der Waals surface area (Å²) < 4.78 is 25.7. The molecule has 3 heterocycles. The van der Waals surface area contributed by atoms with Gasteiger partial charge >= 0.3 is 0 Å². The summed E-state index contributed by atoms with van der Waals surface area (Å²) in [5, 5.41) is 2.74. The molecule has 2 aliphatic heterocycles. The van der Waals surface area contributed by atoms with Gasteiger partial charge in [0.05, 0.1) is 6.26 Å². The first-order valence-corrected chi connectivity index (χ1v) is 10.8. The molecular formula is C17H25N5O4S. The van der Waals surface area contributed by atoms with E-state index in [9.17, 15) is 18.0 Å². The molecule has 10 heteroatoms. The Labute approximate surface area is 159 Å². The van der Waals surface area contributed by atoms with Gasteiger partial charge in [-0.05, 0) is 24.1 Å². The van der Waals surface area contributed by atoms with E-state index in [2.05, 4.69) is 19.9 Å². The van der Waals surface area contributed by atoms with E-state index in [0.717, 1.165) is 11.8 Å². The van der Waals surface area contributed by atoms with E-state index >= 15 is 0 Å². The zero-order valence-corrected chi connectivity index (χ0v) is 16.3. The third-order valence-electron chi connectivity index (χ3n) is 4.93. The first-order chi connectivity index (χ1) is 12.7. The SMILES string of the molecule is CC(=O)NC[C@H]1C(=O)N2C[C@@H](NS(C)(=O)=O)C[C@H]2CN1Cc1ccncc1. The summed E-state index contributed by atoms with van der Waals surface area (Å²) in [6.45, 7) is 3.20. The average Bonchev–Trinajstić information content (AvgIpc) is 2.96. The van der Waals surface area contributed by atoms with Crippen molar-refractivity contribution in [3.05, 3.63) is 30.1 Å². The van der Waals surface area contributed by atoms with Crippen LogP contribution in [0.3, 0.4) is 0 Å². The highest BCUT2D eigenvalue weighted by molar-refractivity contribution is 7.88.